The van der Waals surface area contributed by atoms with Crippen LogP contribution in [0.15, 0.2) is 28.7 Å². The van der Waals surface area contributed by atoms with Gasteiger partial charge in [-0.15, -0.1) is 0 Å². The molecule has 0 spiro atoms. The molecule has 0 aliphatic carbocycles. The number of rotatable bonds is 3. The van der Waals surface area contributed by atoms with Gasteiger partial charge in [0.1, 0.15) is 0 Å². The zero-order chi connectivity index (χ0) is 13.8. The van der Waals surface area contributed by atoms with Gasteiger partial charge in [0.25, 0.3) is 0 Å². The molecule has 19 heavy (non-hydrogen) atoms. The van der Waals surface area contributed by atoms with E-state index in [1.165, 1.54) is 5.56 Å². The summed E-state index contributed by atoms with van der Waals surface area (Å²) in [6.07, 6.45) is 1.04. The van der Waals surface area contributed by atoms with Gasteiger partial charge in [-0.05, 0) is 30.0 Å². The Morgan fingerprint density at radius 2 is 2.11 bits per heavy atom. The Hall–Kier alpha value is -0.870. The average molecular weight is 325 g/mol. The fourth-order valence-electron chi connectivity index (χ4n) is 2.59. The Kier molecular flexibility index (Phi) is 4.99. The van der Waals surface area contributed by atoms with Crippen molar-refractivity contribution in [3.05, 3.63) is 34.3 Å². The maximum absolute atomic E-state index is 11.4. The number of carbonyl (C=O) groups is 1. The normalized spacial score (nSPS) is 23.4. The zero-order valence-electron chi connectivity index (χ0n) is 11.5. The predicted octanol–water partition coefficient (Wildman–Crippen LogP) is 2.80. The lowest BCUT2D eigenvalue weighted by Crippen LogP contribution is -2.49. The van der Waals surface area contributed by atoms with Crippen molar-refractivity contribution in [2.45, 2.75) is 32.9 Å². The van der Waals surface area contributed by atoms with Crippen molar-refractivity contribution in [2.24, 2.45) is 5.92 Å². The molecule has 1 N–H and O–H groups in total. The molecule has 1 aromatic carbocycles. The van der Waals surface area contributed by atoms with E-state index in [-0.39, 0.29) is 5.91 Å². The quantitative estimate of drug-likeness (QED) is 0.927. The third kappa shape index (κ3) is 4.05. The summed E-state index contributed by atoms with van der Waals surface area (Å²) in [6, 6.07) is 8.90. The fourth-order valence-corrected chi connectivity index (χ4v) is 2.85. The molecule has 1 amide bonds. The third-order valence-corrected chi connectivity index (χ3v) is 4.36. The molecule has 0 saturated carbocycles. The van der Waals surface area contributed by atoms with Gasteiger partial charge < -0.3 is 10.2 Å². The fraction of sp³-hybridized carbons (Fsp3) is 0.533. The van der Waals surface area contributed by atoms with E-state index in [1.54, 1.807) is 6.92 Å². The van der Waals surface area contributed by atoms with Gasteiger partial charge >= 0.3 is 0 Å². The standard InChI is InChI=1S/C15H21BrN2O/c1-11-10-18(12(2)19)8-7-15(11)17-9-13-3-5-14(16)6-4-13/h3-6,11,15,17H,7-10H2,1-2H3/t11-,15+/m0/s1. The Morgan fingerprint density at radius 3 is 2.68 bits per heavy atom. The second-order valence-electron chi connectivity index (χ2n) is 5.34. The molecule has 2 atom stereocenters. The number of carbonyl (C=O) groups excluding carboxylic acids is 1. The first-order chi connectivity index (χ1) is 9.06. The van der Waals surface area contributed by atoms with Gasteiger partial charge in [0.15, 0.2) is 0 Å². The summed E-state index contributed by atoms with van der Waals surface area (Å²) in [5, 5.41) is 3.61. The van der Waals surface area contributed by atoms with Crippen molar-refractivity contribution in [3.63, 3.8) is 0 Å². The van der Waals surface area contributed by atoms with Crippen LogP contribution in [0.2, 0.25) is 0 Å². The van der Waals surface area contributed by atoms with Crippen molar-refractivity contribution in [2.75, 3.05) is 13.1 Å². The van der Waals surface area contributed by atoms with Crippen LogP contribution in [0.3, 0.4) is 0 Å². The molecule has 1 fully saturated rings. The first kappa shape index (κ1) is 14.5. The minimum atomic E-state index is 0.193. The lowest BCUT2D eigenvalue weighted by Gasteiger charge is -2.37. The Labute approximate surface area is 123 Å². The minimum Gasteiger partial charge on any atom is -0.343 e. The summed E-state index contributed by atoms with van der Waals surface area (Å²) in [5.41, 5.74) is 1.30. The number of hydrogen-bond acceptors (Lipinski definition) is 2. The molecule has 0 aromatic heterocycles. The first-order valence-electron chi connectivity index (χ1n) is 6.79. The number of amides is 1. The number of likely N-dealkylation sites (tertiary alicyclic amines) is 1. The van der Waals surface area contributed by atoms with Gasteiger partial charge in [0.05, 0.1) is 0 Å². The van der Waals surface area contributed by atoms with Crippen LogP contribution in [0.5, 0.6) is 0 Å². The second kappa shape index (κ2) is 6.53. The Bertz CT molecular complexity index is 432. The molecule has 4 heteroatoms. The molecule has 1 heterocycles. The minimum absolute atomic E-state index is 0.193. The molecule has 2 rings (SSSR count). The largest absolute Gasteiger partial charge is 0.343 e. The molecule has 1 aromatic rings. The smallest absolute Gasteiger partial charge is 0.219 e. The highest BCUT2D eigenvalue weighted by molar-refractivity contribution is 9.10. The lowest BCUT2D eigenvalue weighted by molar-refractivity contribution is -0.130. The van der Waals surface area contributed by atoms with Crippen LogP contribution in [0.25, 0.3) is 0 Å². The zero-order valence-corrected chi connectivity index (χ0v) is 13.1. The van der Waals surface area contributed by atoms with E-state index in [9.17, 15) is 4.79 Å². The number of hydrogen-bond donors (Lipinski definition) is 1. The summed E-state index contributed by atoms with van der Waals surface area (Å²) in [5.74, 6) is 0.700. The van der Waals surface area contributed by atoms with Gasteiger partial charge in [-0.2, -0.15) is 0 Å². The van der Waals surface area contributed by atoms with E-state index in [0.29, 0.717) is 12.0 Å². The predicted molar refractivity (Wildman–Crippen MR) is 80.8 cm³/mol. The highest BCUT2D eigenvalue weighted by Crippen LogP contribution is 2.18. The van der Waals surface area contributed by atoms with E-state index in [2.05, 4.69) is 52.4 Å². The van der Waals surface area contributed by atoms with Gasteiger partial charge in [-0.1, -0.05) is 35.0 Å². The third-order valence-electron chi connectivity index (χ3n) is 3.83. The molecule has 0 unspecified atom stereocenters. The monoisotopic (exact) mass is 324 g/mol. The summed E-state index contributed by atoms with van der Waals surface area (Å²) in [6.45, 7) is 6.50. The molecule has 1 aliphatic rings. The van der Waals surface area contributed by atoms with Crippen LogP contribution >= 0.6 is 15.9 Å². The summed E-state index contributed by atoms with van der Waals surface area (Å²) >= 11 is 3.44. The molecule has 0 radical (unpaired) electrons. The van der Waals surface area contributed by atoms with Gasteiger partial charge in [0, 0.05) is 37.1 Å². The SMILES string of the molecule is CC(=O)N1CC[C@@H](NCc2ccc(Br)cc2)[C@@H](C)C1. The van der Waals surface area contributed by atoms with Crippen molar-refractivity contribution in [1.82, 2.24) is 10.2 Å². The number of nitrogens with zero attached hydrogens (tertiary/aromatic N) is 1. The second-order valence-corrected chi connectivity index (χ2v) is 6.26. The van der Waals surface area contributed by atoms with Gasteiger partial charge in [-0.25, -0.2) is 0 Å². The molecular formula is C15H21BrN2O. The van der Waals surface area contributed by atoms with Crippen LogP contribution < -0.4 is 5.32 Å². The van der Waals surface area contributed by atoms with Crippen LogP contribution in [0.4, 0.5) is 0 Å². The highest BCUT2D eigenvalue weighted by Gasteiger charge is 2.26. The molecule has 104 valence electrons. The van der Waals surface area contributed by atoms with Crippen LogP contribution in [-0.2, 0) is 11.3 Å². The number of halogens is 1. The molecule has 1 aliphatic heterocycles. The Balaban J connectivity index is 1.84. The molecule has 0 bridgehead atoms. The molecule has 1 saturated heterocycles. The van der Waals surface area contributed by atoms with Gasteiger partial charge in [0.2, 0.25) is 5.91 Å². The van der Waals surface area contributed by atoms with Crippen LogP contribution in [0.1, 0.15) is 25.8 Å². The van der Waals surface area contributed by atoms with E-state index in [4.69, 9.17) is 0 Å². The molecular weight excluding hydrogens is 304 g/mol. The van der Waals surface area contributed by atoms with Crippen LogP contribution in [-0.4, -0.2) is 29.9 Å². The number of piperidine rings is 1. The maximum atomic E-state index is 11.4. The van der Waals surface area contributed by atoms with Gasteiger partial charge in [-0.3, -0.25) is 4.79 Å². The van der Waals surface area contributed by atoms with Crippen molar-refractivity contribution >= 4 is 21.8 Å². The van der Waals surface area contributed by atoms with E-state index >= 15 is 0 Å². The Morgan fingerprint density at radius 1 is 1.42 bits per heavy atom. The topological polar surface area (TPSA) is 32.3 Å². The average Bonchev–Trinajstić information content (AvgIpc) is 2.39. The first-order valence-corrected chi connectivity index (χ1v) is 7.59. The van der Waals surface area contributed by atoms with E-state index in [1.807, 2.05) is 4.90 Å². The summed E-state index contributed by atoms with van der Waals surface area (Å²) in [7, 11) is 0. The van der Waals surface area contributed by atoms with Crippen molar-refractivity contribution < 1.29 is 4.79 Å². The van der Waals surface area contributed by atoms with E-state index < -0.39 is 0 Å². The highest BCUT2D eigenvalue weighted by atomic mass is 79.9. The van der Waals surface area contributed by atoms with Crippen molar-refractivity contribution in [1.29, 1.82) is 0 Å². The van der Waals surface area contributed by atoms with Crippen molar-refractivity contribution in [3.8, 4) is 0 Å². The van der Waals surface area contributed by atoms with E-state index in [0.717, 1.165) is 30.5 Å². The summed E-state index contributed by atoms with van der Waals surface area (Å²) < 4.78 is 1.11. The number of nitrogens with one attached hydrogen (secondary N) is 1. The molecule has 3 nitrogen and oxygen atoms in total. The lowest BCUT2D eigenvalue weighted by atomic mass is 9.93. The summed E-state index contributed by atoms with van der Waals surface area (Å²) in [4.78, 5) is 13.3. The van der Waals surface area contributed by atoms with Crippen LogP contribution in [0, 0.1) is 5.92 Å². The maximum Gasteiger partial charge on any atom is 0.219 e. The number of benzene rings is 1.